The highest BCUT2D eigenvalue weighted by Crippen LogP contribution is 2.30. The number of amides is 4. The van der Waals surface area contributed by atoms with Crippen LogP contribution in [0.2, 0.25) is 0 Å². The van der Waals surface area contributed by atoms with E-state index in [4.69, 9.17) is 0 Å². The number of hydrogen-bond donors (Lipinski definition) is 1. The Morgan fingerprint density at radius 2 is 1.96 bits per heavy atom. The maximum absolute atomic E-state index is 12.8. The predicted octanol–water partition coefficient (Wildman–Crippen LogP) is 2.42. The van der Waals surface area contributed by atoms with Crippen LogP contribution in [-0.2, 0) is 15.1 Å². The summed E-state index contributed by atoms with van der Waals surface area (Å²) >= 11 is 3.36. The van der Waals surface area contributed by atoms with Crippen LogP contribution in [0.15, 0.2) is 54.0 Å². The fourth-order valence-corrected chi connectivity index (χ4v) is 3.06. The van der Waals surface area contributed by atoms with E-state index >= 15 is 0 Å². The Morgan fingerprint density at radius 3 is 2.52 bits per heavy atom. The van der Waals surface area contributed by atoms with Crippen LogP contribution in [0.25, 0.3) is 0 Å². The van der Waals surface area contributed by atoms with Crippen LogP contribution in [0, 0.1) is 0 Å². The van der Waals surface area contributed by atoms with Crippen molar-refractivity contribution in [2.45, 2.75) is 12.5 Å². The molecule has 0 aromatic heterocycles. The Labute approximate surface area is 155 Å². The number of carbonyl (C=O) groups is 3. The molecule has 0 bridgehead atoms. The van der Waals surface area contributed by atoms with Crippen LogP contribution in [0.3, 0.4) is 0 Å². The van der Waals surface area contributed by atoms with E-state index in [0.717, 1.165) is 9.37 Å². The van der Waals surface area contributed by atoms with Gasteiger partial charge < -0.3 is 10.2 Å². The van der Waals surface area contributed by atoms with Gasteiger partial charge in [-0.15, -0.1) is 13.2 Å². The summed E-state index contributed by atoms with van der Waals surface area (Å²) < 4.78 is 0.797. The molecular formula is C18H20BrN3O3. The highest BCUT2D eigenvalue weighted by molar-refractivity contribution is 9.10. The molecule has 0 saturated carbocycles. The van der Waals surface area contributed by atoms with Gasteiger partial charge in [-0.25, -0.2) is 4.79 Å². The summed E-state index contributed by atoms with van der Waals surface area (Å²) in [5, 5.41) is 2.69. The fraction of sp³-hybridized carbons (Fsp3) is 0.278. The first kappa shape index (κ1) is 18.9. The van der Waals surface area contributed by atoms with E-state index < -0.39 is 17.5 Å². The average Bonchev–Trinajstić information content (AvgIpc) is 2.79. The maximum Gasteiger partial charge on any atom is 0.325 e. The quantitative estimate of drug-likeness (QED) is 0.559. The van der Waals surface area contributed by atoms with Gasteiger partial charge in [-0.2, -0.15) is 0 Å². The lowest BCUT2D eigenvalue weighted by molar-refractivity contribution is -0.138. The van der Waals surface area contributed by atoms with Gasteiger partial charge in [-0.1, -0.05) is 40.2 Å². The van der Waals surface area contributed by atoms with E-state index in [2.05, 4.69) is 34.4 Å². The normalized spacial score (nSPS) is 19.5. The number of hydrogen-bond acceptors (Lipinski definition) is 3. The van der Waals surface area contributed by atoms with E-state index in [9.17, 15) is 14.4 Å². The van der Waals surface area contributed by atoms with Crippen molar-refractivity contribution in [1.29, 1.82) is 0 Å². The van der Waals surface area contributed by atoms with Gasteiger partial charge in [-0.3, -0.25) is 14.5 Å². The van der Waals surface area contributed by atoms with Gasteiger partial charge in [-0.05, 0) is 24.6 Å². The number of nitrogens with one attached hydrogen (secondary N) is 1. The Balaban J connectivity index is 2.22. The third-order valence-electron chi connectivity index (χ3n) is 4.02. The van der Waals surface area contributed by atoms with Gasteiger partial charge in [0, 0.05) is 17.6 Å². The fourth-order valence-electron chi connectivity index (χ4n) is 2.66. The molecule has 0 radical (unpaired) electrons. The molecule has 25 heavy (non-hydrogen) atoms. The largest absolute Gasteiger partial charge is 0.334 e. The van der Waals surface area contributed by atoms with Gasteiger partial charge in [0.25, 0.3) is 5.91 Å². The summed E-state index contributed by atoms with van der Waals surface area (Å²) in [5.41, 5.74) is -0.563. The van der Waals surface area contributed by atoms with Crippen LogP contribution in [0.1, 0.15) is 12.5 Å². The zero-order valence-corrected chi connectivity index (χ0v) is 15.6. The van der Waals surface area contributed by atoms with Crippen molar-refractivity contribution in [3.05, 3.63) is 59.6 Å². The number of rotatable bonds is 7. The average molecular weight is 406 g/mol. The summed E-state index contributed by atoms with van der Waals surface area (Å²) in [6.45, 7) is 9.15. The molecule has 1 heterocycles. The Kier molecular flexibility index (Phi) is 5.79. The number of carbonyl (C=O) groups excluding carboxylic acids is 3. The van der Waals surface area contributed by atoms with Crippen molar-refractivity contribution in [1.82, 2.24) is 15.1 Å². The van der Waals surface area contributed by atoms with Gasteiger partial charge in [0.2, 0.25) is 5.91 Å². The first-order chi connectivity index (χ1) is 11.8. The van der Waals surface area contributed by atoms with Crippen molar-refractivity contribution in [3.63, 3.8) is 0 Å². The summed E-state index contributed by atoms with van der Waals surface area (Å²) in [6, 6.07) is 6.56. The molecular weight excluding hydrogens is 386 g/mol. The second kappa shape index (κ2) is 7.65. The lowest BCUT2D eigenvalue weighted by atomic mass is 9.92. The molecule has 1 atom stereocenters. The first-order valence-corrected chi connectivity index (χ1v) is 8.52. The molecule has 2 rings (SSSR count). The van der Waals surface area contributed by atoms with Crippen LogP contribution in [0.4, 0.5) is 4.79 Å². The summed E-state index contributed by atoms with van der Waals surface area (Å²) in [6.07, 6.45) is 3.16. The number of nitrogens with zero attached hydrogens (tertiary/aromatic N) is 2. The zero-order chi connectivity index (χ0) is 18.6. The third-order valence-corrected chi connectivity index (χ3v) is 4.52. The van der Waals surface area contributed by atoms with Crippen LogP contribution in [0.5, 0.6) is 0 Å². The van der Waals surface area contributed by atoms with Gasteiger partial charge in [0.1, 0.15) is 12.1 Å². The standard InChI is InChI=1S/C18H20BrN3O3/c1-4-9-21(10-5-2)15(23)12-22-16(24)18(3,20-17(22)25)13-7-6-8-14(19)11-13/h4-8,11H,1-2,9-10,12H2,3H3,(H,20,25)/t18-/m1/s1. The molecule has 1 fully saturated rings. The van der Waals surface area contributed by atoms with Crippen LogP contribution >= 0.6 is 15.9 Å². The minimum atomic E-state index is -1.21. The third kappa shape index (κ3) is 3.82. The molecule has 1 aromatic rings. The molecule has 0 unspecified atom stereocenters. The van der Waals surface area contributed by atoms with Crippen molar-refractivity contribution >= 4 is 33.8 Å². The molecule has 1 N–H and O–H groups in total. The Morgan fingerprint density at radius 1 is 1.32 bits per heavy atom. The van der Waals surface area contributed by atoms with E-state index in [0.29, 0.717) is 18.7 Å². The van der Waals surface area contributed by atoms with E-state index in [1.54, 1.807) is 37.3 Å². The number of halogens is 1. The topological polar surface area (TPSA) is 69.7 Å². The van der Waals surface area contributed by atoms with Crippen molar-refractivity contribution in [2.24, 2.45) is 0 Å². The van der Waals surface area contributed by atoms with Gasteiger partial charge in [0.05, 0.1) is 0 Å². The summed E-state index contributed by atoms with van der Waals surface area (Å²) in [4.78, 5) is 40.0. The minimum Gasteiger partial charge on any atom is -0.334 e. The molecule has 1 saturated heterocycles. The van der Waals surface area contributed by atoms with E-state index in [1.165, 1.54) is 4.90 Å². The highest BCUT2D eigenvalue weighted by atomic mass is 79.9. The molecule has 1 aromatic carbocycles. The van der Waals surface area contributed by atoms with Gasteiger partial charge in [0.15, 0.2) is 0 Å². The number of benzene rings is 1. The molecule has 6 nitrogen and oxygen atoms in total. The molecule has 1 aliphatic rings. The van der Waals surface area contributed by atoms with Gasteiger partial charge >= 0.3 is 6.03 Å². The highest BCUT2D eigenvalue weighted by Gasteiger charge is 2.49. The first-order valence-electron chi connectivity index (χ1n) is 7.73. The van der Waals surface area contributed by atoms with E-state index in [-0.39, 0.29) is 12.5 Å². The molecule has 4 amide bonds. The smallest absolute Gasteiger partial charge is 0.325 e. The maximum atomic E-state index is 12.8. The SMILES string of the molecule is C=CCN(CC=C)C(=O)CN1C(=O)N[C@](C)(c2cccc(Br)c2)C1=O. The Hall–Kier alpha value is -2.41. The summed E-state index contributed by atoms with van der Waals surface area (Å²) in [7, 11) is 0. The predicted molar refractivity (Wildman–Crippen MR) is 98.7 cm³/mol. The number of imide groups is 1. The number of urea groups is 1. The minimum absolute atomic E-state index is 0.317. The molecule has 0 aliphatic carbocycles. The van der Waals surface area contributed by atoms with Crippen molar-refractivity contribution < 1.29 is 14.4 Å². The molecule has 132 valence electrons. The zero-order valence-electron chi connectivity index (χ0n) is 14.0. The second-order valence-electron chi connectivity index (χ2n) is 5.83. The lowest BCUT2D eigenvalue weighted by Gasteiger charge is -2.24. The van der Waals surface area contributed by atoms with Crippen molar-refractivity contribution in [2.75, 3.05) is 19.6 Å². The van der Waals surface area contributed by atoms with Crippen LogP contribution < -0.4 is 5.32 Å². The monoisotopic (exact) mass is 405 g/mol. The molecule has 7 heteroatoms. The van der Waals surface area contributed by atoms with E-state index in [1.807, 2.05) is 6.07 Å². The van der Waals surface area contributed by atoms with Crippen LogP contribution in [-0.4, -0.2) is 47.3 Å². The summed E-state index contributed by atoms with van der Waals surface area (Å²) in [5.74, 6) is -0.803. The second-order valence-corrected chi connectivity index (χ2v) is 6.75. The molecule has 1 aliphatic heterocycles. The Bertz CT molecular complexity index is 724. The lowest BCUT2D eigenvalue weighted by Crippen LogP contribution is -2.44. The van der Waals surface area contributed by atoms with Crippen molar-refractivity contribution in [3.8, 4) is 0 Å². The molecule has 0 spiro atoms.